The van der Waals surface area contributed by atoms with Gasteiger partial charge in [0.05, 0.1) is 35.2 Å². The Morgan fingerprint density at radius 2 is 1.56 bits per heavy atom. The number of carbonyl (C=O) groups is 2. The molecule has 178 valence electrons. The van der Waals surface area contributed by atoms with E-state index < -0.39 is 22.8 Å². The van der Waals surface area contributed by atoms with Crippen molar-refractivity contribution in [1.82, 2.24) is 4.90 Å². The first-order valence-corrected chi connectivity index (χ1v) is 11.2. The normalized spacial score (nSPS) is 13.7. The molecule has 0 aliphatic carbocycles. The molecule has 1 aliphatic heterocycles. The summed E-state index contributed by atoms with van der Waals surface area (Å²) in [5, 5.41) is 12.1. The van der Waals surface area contributed by atoms with Gasteiger partial charge in [-0.2, -0.15) is 0 Å². The maximum absolute atomic E-state index is 13.0. The minimum Gasteiger partial charge on any atom is -0.463 e. The van der Waals surface area contributed by atoms with Gasteiger partial charge in [-0.1, -0.05) is 35.9 Å². The van der Waals surface area contributed by atoms with Crippen LogP contribution in [0.3, 0.4) is 0 Å². The topological polar surface area (TPSA) is 99.0 Å². The molecule has 0 radical (unpaired) electrons. The van der Waals surface area contributed by atoms with Gasteiger partial charge in [-0.15, -0.1) is 0 Å². The lowest BCUT2D eigenvalue weighted by Crippen LogP contribution is -2.29. The largest absolute Gasteiger partial charge is 0.463 e. The van der Waals surface area contributed by atoms with E-state index in [0.717, 1.165) is 5.56 Å². The number of esters is 2. The Bertz CT molecular complexity index is 1120. The molecule has 2 aromatic rings. The van der Waals surface area contributed by atoms with E-state index in [1.54, 1.807) is 62.3 Å². The third-order valence-electron chi connectivity index (χ3n) is 5.30. The second kappa shape index (κ2) is 11.0. The average Bonchev–Trinajstić information content (AvgIpc) is 2.80. The number of halogens is 1. The maximum atomic E-state index is 13.0. The lowest BCUT2D eigenvalue weighted by molar-refractivity contribution is -0.385. The van der Waals surface area contributed by atoms with Gasteiger partial charge in [0.25, 0.3) is 5.69 Å². The fourth-order valence-corrected chi connectivity index (χ4v) is 3.86. The van der Waals surface area contributed by atoms with Crippen LogP contribution in [-0.4, -0.2) is 35.0 Å². The van der Waals surface area contributed by atoms with Crippen molar-refractivity contribution in [3.05, 3.63) is 97.8 Å². The Balaban J connectivity index is 2.13. The molecule has 1 aliphatic rings. The van der Waals surface area contributed by atoms with Gasteiger partial charge in [0.15, 0.2) is 0 Å². The van der Waals surface area contributed by atoms with Crippen LogP contribution in [0, 0.1) is 17.0 Å². The van der Waals surface area contributed by atoms with Crippen LogP contribution in [-0.2, 0) is 25.6 Å². The highest BCUT2D eigenvalue weighted by Crippen LogP contribution is 2.39. The summed E-state index contributed by atoms with van der Waals surface area (Å²) in [6.07, 6.45) is 3.21. The maximum Gasteiger partial charge on any atom is 0.336 e. The van der Waals surface area contributed by atoms with Crippen molar-refractivity contribution in [3.8, 4) is 0 Å². The van der Waals surface area contributed by atoms with Crippen LogP contribution < -0.4 is 0 Å². The quantitative estimate of drug-likeness (QED) is 0.293. The molecule has 0 aromatic heterocycles. The van der Waals surface area contributed by atoms with Crippen LogP contribution in [0.4, 0.5) is 5.69 Å². The number of nitro groups is 1. The summed E-state index contributed by atoms with van der Waals surface area (Å²) in [5.41, 5.74) is 2.04. The van der Waals surface area contributed by atoms with Gasteiger partial charge in [0, 0.05) is 35.6 Å². The van der Waals surface area contributed by atoms with Crippen LogP contribution in [0.2, 0.25) is 5.02 Å². The van der Waals surface area contributed by atoms with E-state index in [1.807, 2.05) is 12.1 Å². The highest BCUT2D eigenvalue weighted by atomic mass is 35.5. The van der Waals surface area contributed by atoms with E-state index in [9.17, 15) is 19.7 Å². The summed E-state index contributed by atoms with van der Waals surface area (Å²) >= 11 is 5.98. The van der Waals surface area contributed by atoms with Crippen molar-refractivity contribution in [2.45, 2.75) is 33.2 Å². The van der Waals surface area contributed by atoms with Crippen LogP contribution in [0.15, 0.2) is 66.0 Å². The third-order valence-corrected chi connectivity index (χ3v) is 5.55. The SMILES string of the molecule is CCOC(=O)C1=CN(Cc2ccc(Cl)cc2)C=C(C(=O)OCC)C1c1ccc(C)c([N+](=O)[O-])c1. The highest BCUT2D eigenvalue weighted by molar-refractivity contribution is 6.30. The molecule has 34 heavy (non-hydrogen) atoms. The fraction of sp³-hybridized carbons (Fsp3) is 0.280. The Morgan fingerprint density at radius 1 is 1.00 bits per heavy atom. The number of hydrogen-bond acceptors (Lipinski definition) is 7. The first-order valence-electron chi connectivity index (χ1n) is 10.8. The molecule has 0 fully saturated rings. The van der Waals surface area contributed by atoms with Crippen molar-refractivity contribution in [3.63, 3.8) is 0 Å². The molecule has 0 saturated carbocycles. The molecule has 3 rings (SSSR count). The summed E-state index contributed by atoms with van der Waals surface area (Å²) in [6, 6.07) is 11.8. The molecular formula is C25H25ClN2O6. The van der Waals surface area contributed by atoms with E-state index in [0.29, 0.717) is 22.7 Å². The van der Waals surface area contributed by atoms with Crippen LogP contribution in [0.25, 0.3) is 0 Å². The predicted molar refractivity (Wildman–Crippen MR) is 127 cm³/mol. The average molecular weight is 485 g/mol. The summed E-state index contributed by atoms with van der Waals surface area (Å²) < 4.78 is 10.5. The molecule has 0 unspecified atom stereocenters. The number of rotatable bonds is 8. The van der Waals surface area contributed by atoms with Gasteiger partial charge in [-0.3, -0.25) is 10.1 Å². The monoisotopic (exact) mass is 484 g/mol. The zero-order valence-electron chi connectivity index (χ0n) is 19.1. The molecule has 0 saturated heterocycles. The lowest BCUT2D eigenvalue weighted by Gasteiger charge is -2.30. The standard InChI is InChI=1S/C25H25ClN2O6/c1-4-33-24(29)20-14-27(13-17-7-10-19(26)11-8-17)15-21(25(30)34-5-2)23(20)18-9-6-16(3)22(12-18)28(31)32/h6-12,14-15,23H,4-5,13H2,1-3H3. The fourth-order valence-electron chi connectivity index (χ4n) is 3.73. The summed E-state index contributed by atoms with van der Waals surface area (Å²) in [7, 11) is 0. The molecule has 0 bridgehead atoms. The van der Waals surface area contributed by atoms with Crippen molar-refractivity contribution < 1.29 is 24.0 Å². The zero-order chi connectivity index (χ0) is 24.8. The van der Waals surface area contributed by atoms with E-state index in [2.05, 4.69) is 0 Å². The molecule has 0 spiro atoms. The van der Waals surface area contributed by atoms with Gasteiger partial charge in [-0.05, 0) is 44.0 Å². The number of benzene rings is 2. The van der Waals surface area contributed by atoms with Gasteiger partial charge in [-0.25, -0.2) is 9.59 Å². The highest BCUT2D eigenvalue weighted by Gasteiger charge is 2.36. The van der Waals surface area contributed by atoms with Crippen molar-refractivity contribution >= 4 is 29.2 Å². The van der Waals surface area contributed by atoms with E-state index >= 15 is 0 Å². The van der Waals surface area contributed by atoms with Gasteiger partial charge in [0.1, 0.15) is 0 Å². The molecule has 1 heterocycles. The Kier molecular flexibility index (Phi) is 8.07. The number of ether oxygens (including phenoxy) is 2. The van der Waals surface area contributed by atoms with Gasteiger partial charge < -0.3 is 14.4 Å². The molecule has 0 atom stereocenters. The number of nitro benzene ring substituents is 1. The van der Waals surface area contributed by atoms with E-state index in [1.165, 1.54) is 6.07 Å². The van der Waals surface area contributed by atoms with Crippen molar-refractivity contribution in [1.29, 1.82) is 0 Å². The van der Waals surface area contributed by atoms with Crippen LogP contribution in [0.5, 0.6) is 0 Å². The Morgan fingerprint density at radius 3 is 2.06 bits per heavy atom. The number of carbonyl (C=O) groups excluding carboxylic acids is 2. The minimum absolute atomic E-state index is 0.104. The second-order valence-electron chi connectivity index (χ2n) is 7.64. The van der Waals surface area contributed by atoms with Crippen molar-refractivity contribution in [2.24, 2.45) is 0 Å². The van der Waals surface area contributed by atoms with Crippen molar-refractivity contribution in [2.75, 3.05) is 13.2 Å². The number of nitrogens with zero attached hydrogens (tertiary/aromatic N) is 2. The first-order chi connectivity index (χ1) is 16.2. The lowest BCUT2D eigenvalue weighted by atomic mass is 9.82. The summed E-state index contributed by atoms with van der Waals surface area (Å²) in [4.78, 5) is 38.7. The van der Waals surface area contributed by atoms with Gasteiger partial charge in [0.2, 0.25) is 0 Å². The van der Waals surface area contributed by atoms with Gasteiger partial charge >= 0.3 is 11.9 Å². The third kappa shape index (κ3) is 5.63. The Labute approximate surface area is 202 Å². The molecule has 2 aromatic carbocycles. The first kappa shape index (κ1) is 25.0. The van der Waals surface area contributed by atoms with Crippen LogP contribution >= 0.6 is 11.6 Å². The number of hydrogen-bond donors (Lipinski definition) is 0. The molecule has 8 nitrogen and oxygen atoms in total. The van der Waals surface area contributed by atoms with Crippen LogP contribution in [0.1, 0.15) is 36.5 Å². The molecule has 9 heteroatoms. The van der Waals surface area contributed by atoms with E-state index in [-0.39, 0.29) is 30.0 Å². The number of aryl methyl sites for hydroxylation is 1. The Hall–Kier alpha value is -3.65. The summed E-state index contributed by atoms with van der Waals surface area (Å²) in [5.74, 6) is -2.13. The summed E-state index contributed by atoms with van der Waals surface area (Å²) in [6.45, 7) is 5.60. The predicted octanol–water partition coefficient (Wildman–Crippen LogP) is 5.05. The smallest absolute Gasteiger partial charge is 0.336 e. The second-order valence-corrected chi connectivity index (χ2v) is 8.08. The zero-order valence-corrected chi connectivity index (χ0v) is 19.9. The molecular weight excluding hydrogens is 460 g/mol. The minimum atomic E-state index is -0.890. The molecule has 0 N–H and O–H groups in total. The van der Waals surface area contributed by atoms with E-state index in [4.69, 9.17) is 21.1 Å². The molecule has 0 amide bonds.